The van der Waals surface area contributed by atoms with Crippen molar-refractivity contribution >= 4 is 17.7 Å². The Morgan fingerprint density at radius 2 is 1.88 bits per heavy atom. The summed E-state index contributed by atoms with van der Waals surface area (Å²) in [6, 6.07) is 8.09. The van der Waals surface area contributed by atoms with E-state index in [4.69, 9.17) is 4.42 Å². The fraction of sp³-hybridized carbons (Fsp3) is 0.526. The molecule has 1 atom stereocenters. The smallest absolute Gasteiger partial charge is 0.277 e. The normalized spacial score (nSPS) is 12.4. The molecule has 136 valence electrons. The third kappa shape index (κ3) is 6.90. The molecule has 25 heavy (non-hydrogen) atoms. The van der Waals surface area contributed by atoms with Crippen molar-refractivity contribution in [3.05, 3.63) is 29.8 Å². The monoisotopic (exact) mass is 361 g/mol. The van der Waals surface area contributed by atoms with E-state index in [0.29, 0.717) is 17.0 Å². The maximum absolute atomic E-state index is 12.0. The standard InChI is InChI=1S/C19H27N3O2S/c1-13(2)6-5-7-15(4)20-17(23)12-25-19-22-21-18(24-19)16-10-8-14(3)9-11-16/h8-11,13,15H,5-7,12H2,1-4H3,(H,20,23). The van der Waals surface area contributed by atoms with Crippen LogP contribution in [-0.4, -0.2) is 27.9 Å². The van der Waals surface area contributed by atoms with E-state index in [9.17, 15) is 4.79 Å². The molecule has 0 radical (unpaired) electrons. The van der Waals surface area contributed by atoms with E-state index in [0.717, 1.165) is 18.4 Å². The lowest BCUT2D eigenvalue weighted by molar-refractivity contribution is -0.119. The van der Waals surface area contributed by atoms with E-state index in [1.54, 1.807) is 0 Å². The first-order valence-corrected chi connectivity index (χ1v) is 9.75. The molecule has 1 amide bonds. The number of hydrogen-bond acceptors (Lipinski definition) is 5. The van der Waals surface area contributed by atoms with E-state index in [2.05, 4.69) is 29.4 Å². The number of nitrogens with one attached hydrogen (secondary N) is 1. The lowest BCUT2D eigenvalue weighted by atomic mass is 10.0. The summed E-state index contributed by atoms with van der Waals surface area (Å²) in [5, 5.41) is 11.5. The average Bonchev–Trinajstić information content (AvgIpc) is 3.02. The van der Waals surface area contributed by atoms with E-state index >= 15 is 0 Å². The molecule has 5 nitrogen and oxygen atoms in total. The van der Waals surface area contributed by atoms with Gasteiger partial charge in [0.15, 0.2) is 0 Å². The van der Waals surface area contributed by atoms with E-state index < -0.39 is 0 Å². The quantitative estimate of drug-likeness (QED) is 0.668. The van der Waals surface area contributed by atoms with Crippen LogP contribution in [0.3, 0.4) is 0 Å². The minimum atomic E-state index is -0.00265. The van der Waals surface area contributed by atoms with Crippen molar-refractivity contribution in [3.63, 3.8) is 0 Å². The molecular weight excluding hydrogens is 334 g/mol. The molecule has 0 saturated carbocycles. The van der Waals surface area contributed by atoms with Crippen LogP contribution < -0.4 is 5.32 Å². The van der Waals surface area contributed by atoms with E-state index in [1.807, 2.05) is 38.1 Å². The minimum Gasteiger partial charge on any atom is -0.411 e. The molecule has 2 aromatic rings. The summed E-state index contributed by atoms with van der Waals surface area (Å²) in [5.41, 5.74) is 2.06. The van der Waals surface area contributed by atoms with Gasteiger partial charge in [-0.05, 0) is 38.3 Å². The Bertz CT molecular complexity index is 668. The van der Waals surface area contributed by atoms with Crippen LogP contribution in [0.15, 0.2) is 33.9 Å². The van der Waals surface area contributed by atoms with Gasteiger partial charge in [-0.2, -0.15) is 0 Å². The van der Waals surface area contributed by atoms with Crippen LogP contribution in [0.4, 0.5) is 0 Å². The van der Waals surface area contributed by atoms with Crippen LogP contribution in [0, 0.1) is 12.8 Å². The average molecular weight is 362 g/mol. The van der Waals surface area contributed by atoms with Gasteiger partial charge in [-0.3, -0.25) is 4.79 Å². The van der Waals surface area contributed by atoms with Crippen molar-refractivity contribution in [1.29, 1.82) is 0 Å². The van der Waals surface area contributed by atoms with Gasteiger partial charge in [-0.1, -0.05) is 56.1 Å². The van der Waals surface area contributed by atoms with Crippen molar-refractivity contribution in [2.24, 2.45) is 5.92 Å². The Kier molecular flexibility index (Phi) is 7.50. The maximum Gasteiger partial charge on any atom is 0.277 e. The Hall–Kier alpha value is -1.82. The van der Waals surface area contributed by atoms with Gasteiger partial charge in [0.2, 0.25) is 11.8 Å². The molecule has 1 aromatic carbocycles. The molecule has 0 aliphatic carbocycles. The van der Waals surface area contributed by atoms with Gasteiger partial charge < -0.3 is 9.73 Å². The Balaban J connectivity index is 1.75. The number of aryl methyl sites for hydroxylation is 1. The third-order valence-electron chi connectivity index (χ3n) is 3.86. The van der Waals surface area contributed by atoms with Crippen LogP contribution in [0.5, 0.6) is 0 Å². The van der Waals surface area contributed by atoms with Crippen LogP contribution >= 0.6 is 11.8 Å². The number of thioether (sulfide) groups is 1. The molecular formula is C19H27N3O2S. The minimum absolute atomic E-state index is 0.00265. The number of amides is 1. The zero-order valence-corrected chi connectivity index (χ0v) is 16.2. The van der Waals surface area contributed by atoms with Crippen LogP contribution in [0.25, 0.3) is 11.5 Å². The van der Waals surface area contributed by atoms with Gasteiger partial charge in [0, 0.05) is 11.6 Å². The second-order valence-electron chi connectivity index (χ2n) is 6.82. The molecule has 1 heterocycles. The lowest BCUT2D eigenvalue weighted by Crippen LogP contribution is -2.33. The first kappa shape index (κ1) is 19.5. The maximum atomic E-state index is 12.0. The van der Waals surface area contributed by atoms with Crippen molar-refractivity contribution in [2.45, 2.75) is 58.2 Å². The lowest BCUT2D eigenvalue weighted by Gasteiger charge is -2.14. The van der Waals surface area contributed by atoms with Crippen molar-refractivity contribution in [1.82, 2.24) is 15.5 Å². The predicted octanol–water partition coefficient (Wildman–Crippen LogP) is 4.47. The number of hydrogen-bond donors (Lipinski definition) is 1. The Labute approximate surface area is 154 Å². The van der Waals surface area contributed by atoms with Crippen molar-refractivity contribution < 1.29 is 9.21 Å². The topological polar surface area (TPSA) is 68.0 Å². The van der Waals surface area contributed by atoms with Crippen molar-refractivity contribution in [2.75, 3.05) is 5.75 Å². The fourth-order valence-electron chi connectivity index (χ4n) is 2.43. The molecule has 6 heteroatoms. The zero-order chi connectivity index (χ0) is 18.2. The zero-order valence-electron chi connectivity index (χ0n) is 15.4. The number of carbonyl (C=O) groups is 1. The highest BCUT2D eigenvalue weighted by Gasteiger charge is 2.12. The number of benzene rings is 1. The molecule has 1 unspecified atom stereocenters. The van der Waals surface area contributed by atoms with E-state index in [-0.39, 0.29) is 17.7 Å². The second-order valence-corrected chi connectivity index (χ2v) is 7.75. The first-order valence-electron chi connectivity index (χ1n) is 8.76. The van der Waals surface area contributed by atoms with E-state index in [1.165, 1.54) is 23.7 Å². The molecule has 0 aliphatic rings. The molecule has 0 saturated heterocycles. The summed E-state index contributed by atoms with van der Waals surface area (Å²) < 4.78 is 5.62. The van der Waals surface area contributed by atoms with Gasteiger partial charge in [0.1, 0.15) is 0 Å². The summed E-state index contributed by atoms with van der Waals surface area (Å²) in [7, 11) is 0. The predicted molar refractivity (Wildman–Crippen MR) is 101 cm³/mol. The second kappa shape index (κ2) is 9.61. The SMILES string of the molecule is Cc1ccc(-c2nnc(SCC(=O)NC(C)CCCC(C)C)o2)cc1. The Morgan fingerprint density at radius 1 is 1.16 bits per heavy atom. The highest BCUT2D eigenvalue weighted by molar-refractivity contribution is 7.99. The highest BCUT2D eigenvalue weighted by Crippen LogP contribution is 2.23. The molecule has 0 fully saturated rings. The van der Waals surface area contributed by atoms with Gasteiger partial charge in [-0.25, -0.2) is 0 Å². The highest BCUT2D eigenvalue weighted by atomic mass is 32.2. The largest absolute Gasteiger partial charge is 0.411 e. The number of nitrogens with zero attached hydrogens (tertiary/aromatic N) is 2. The molecule has 1 N–H and O–H groups in total. The number of rotatable bonds is 9. The Morgan fingerprint density at radius 3 is 2.56 bits per heavy atom. The van der Waals surface area contributed by atoms with Crippen molar-refractivity contribution in [3.8, 4) is 11.5 Å². The van der Waals surface area contributed by atoms with Gasteiger partial charge in [0.05, 0.1) is 5.75 Å². The van der Waals surface area contributed by atoms with Gasteiger partial charge in [-0.15, -0.1) is 10.2 Å². The van der Waals surface area contributed by atoms with Crippen LogP contribution in [0.2, 0.25) is 0 Å². The molecule has 2 rings (SSSR count). The summed E-state index contributed by atoms with van der Waals surface area (Å²) >= 11 is 1.27. The van der Waals surface area contributed by atoms with Gasteiger partial charge >= 0.3 is 0 Å². The van der Waals surface area contributed by atoms with Crippen LogP contribution in [0.1, 0.15) is 45.6 Å². The summed E-state index contributed by atoms with van der Waals surface area (Å²) in [4.78, 5) is 12.0. The summed E-state index contributed by atoms with van der Waals surface area (Å²) in [6.07, 6.45) is 3.33. The summed E-state index contributed by atoms with van der Waals surface area (Å²) in [6.45, 7) is 8.51. The molecule has 0 spiro atoms. The number of aromatic nitrogens is 2. The molecule has 0 bridgehead atoms. The first-order chi connectivity index (χ1) is 11.9. The molecule has 0 aliphatic heterocycles. The van der Waals surface area contributed by atoms with Crippen LogP contribution in [-0.2, 0) is 4.79 Å². The summed E-state index contributed by atoms with van der Waals surface area (Å²) in [5.74, 6) is 1.46. The molecule has 1 aromatic heterocycles. The van der Waals surface area contributed by atoms with Gasteiger partial charge in [0.25, 0.3) is 5.22 Å². The fourth-order valence-corrected chi connectivity index (χ4v) is 3.00. The third-order valence-corrected chi connectivity index (χ3v) is 4.68. The number of carbonyl (C=O) groups excluding carboxylic acids is 1.